The van der Waals surface area contributed by atoms with Crippen LogP contribution in [0.1, 0.15) is 31.1 Å². The fourth-order valence-corrected chi connectivity index (χ4v) is 1.93. The fourth-order valence-electron chi connectivity index (χ4n) is 1.93. The Hall–Kier alpha value is -1.83. The van der Waals surface area contributed by atoms with E-state index in [1.807, 2.05) is 57.2 Å². The number of fused-ring (bicyclic) bond motifs is 1. The molecule has 2 aromatic carbocycles. The summed E-state index contributed by atoms with van der Waals surface area (Å²) in [4.78, 5) is 12.2. The van der Waals surface area contributed by atoms with Crippen molar-refractivity contribution in [1.82, 2.24) is 0 Å². The third kappa shape index (κ3) is 2.37. The Morgan fingerprint density at radius 1 is 1.00 bits per heavy atom. The van der Waals surface area contributed by atoms with Gasteiger partial charge >= 0.3 is 0 Å². The zero-order valence-electron chi connectivity index (χ0n) is 11.3. The first-order chi connectivity index (χ1) is 8.41. The largest absolute Gasteiger partial charge is 0.497 e. The molecule has 0 aliphatic heterocycles. The van der Waals surface area contributed by atoms with E-state index in [2.05, 4.69) is 0 Å². The van der Waals surface area contributed by atoms with Gasteiger partial charge in [-0.1, -0.05) is 39.0 Å². The molecule has 0 N–H and O–H groups in total. The average Bonchev–Trinajstić information content (AvgIpc) is 2.35. The predicted molar refractivity (Wildman–Crippen MR) is 74.3 cm³/mol. The van der Waals surface area contributed by atoms with Crippen molar-refractivity contribution in [1.29, 1.82) is 0 Å². The second-order valence-corrected chi connectivity index (χ2v) is 5.51. The highest BCUT2D eigenvalue weighted by Gasteiger charge is 2.22. The molecule has 0 spiro atoms. The van der Waals surface area contributed by atoms with E-state index in [1.165, 1.54) is 0 Å². The Bertz CT molecular complexity index is 592. The van der Waals surface area contributed by atoms with Gasteiger partial charge < -0.3 is 4.74 Å². The molecule has 0 saturated carbocycles. The second kappa shape index (κ2) is 4.45. The van der Waals surface area contributed by atoms with Crippen molar-refractivity contribution in [2.24, 2.45) is 5.41 Å². The van der Waals surface area contributed by atoms with E-state index < -0.39 is 0 Å². The molecule has 0 aliphatic carbocycles. The van der Waals surface area contributed by atoms with Gasteiger partial charge in [0.15, 0.2) is 5.78 Å². The minimum atomic E-state index is -0.347. The van der Waals surface area contributed by atoms with Gasteiger partial charge in [0.25, 0.3) is 0 Å². The molecule has 2 nitrogen and oxygen atoms in total. The number of rotatable bonds is 2. The standard InChI is InChI=1S/C16H18O2/c1-16(2,3)15(17)13-6-5-12-10-14(18-4)8-7-11(12)9-13/h5-10H,1-4H3. The van der Waals surface area contributed by atoms with Crippen LogP contribution in [0.25, 0.3) is 10.8 Å². The predicted octanol–water partition coefficient (Wildman–Crippen LogP) is 4.08. The molecule has 2 heteroatoms. The van der Waals surface area contributed by atoms with E-state index in [0.29, 0.717) is 0 Å². The Balaban J connectivity index is 2.49. The summed E-state index contributed by atoms with van der Waals surface area (Å²) < 4.78 is 5.19. The molecule has 0 aromatic heterocycles. The molecule has 18 heavy (non-hydrogen) atoms. The van der Waals surface area contributed by atoms with Gasteiger partial charge in [0.1, 0.15) is 5.75 Å². The second-order valence-electron chi connectivity index (χ2n) is 5.51. The van der Waals surface area contributed by atoms with Crippen molar-refractivity contribution in [3.63, 3.8) is 0 Å². The van der Waals surface area contributed by atoms with Crippen LogP contribution in [0.2, 0.25) is 0 Å². The lowest BCUT2D eigenvalue weighted by atomic mass is 9.86. The molecule has 94 valence electrons. The van der Waals surface area contributed by atoms with Gasteiger partial charge in [-0.25, -0.2) is 0 Å². The average molecular weight is 242 g/mol. The molecule has 0 radical (unpaired) electrons. The summed E-state index contributed by atoms with van der Waals surface area (Å²) >= 11 is 0. The summed E-state index contributed by atoms with van der Waals surface area (Å²) in [5, 5.41) is 2.14. The number of methoxy groups -OCH3 is 1. The van der Waals surface area contributed by atoms with Crippen molar-refractivity contribution in [2.45, 2.75) is 20.8 Å². The molecule has 0 bridgehead atoms. The van der Waals surface area contributed by atoms with E-state index >= 15 is 0 Å². The summed E-state index contributed by atoms with van der Waals surface area (Å²) in [5.41, 5.74) is 0.417. The first kappa shape index (κ1) is 12.6. The molecular weight excluding hydrogens is 224 g/mol. The number of hydrogen-bond acceptors (Lipinski definition) is 2. The van der Waals surface area contributed by atoms with Crippen molar-refractivity contribution >= 4 is 16.6 Å². The maximum atomic E-state index is 12.2. The first-order valence-corrected chi connectivity index (χ1v) is 6.04. The van der Waals surface area contributed by atoms with E-state index in [0.717, 1.165) is 22.1 Å². The van der Waals surface area contributed by atoms with Crippen molar-refractivity contribution in [3.05, 3.63) is 42.0 Å². The first-order valence-electron chi connectivity index (χ1n) is 6.04. The number of ketones is 1. The Kier molecular flexibility index (Phi) is 3.12. The number of carbonyl (C=O) groups excluding carboxylic acids is 1. The van der Waals surface area contributed by atoms with Gasteiger partial charge in [0.2, 0.25) is 0 Å². The van der Waals surface area contributed by atoms with Crippen LogP contribution in [0, 0.1) is 5.41 Å². The monoisotopic (exact) mass is 242 g/mol. The molecule has 0 heterocycles. The van der Waals surface area contributed by atoms with E-state index in [-0.39, 0.29) is 11.2 Å². The molecule has 2 aromatic rings. The molecule has 0 aliphatic rings. The molecule has 2 rings (SSSR count). The van der Waals surface area contributed by atoms with Crippen molar-refractivity contribution in [2.75, 3.05) is 7.11 Å². The molecule has 0 saturated heterocycles. The molecule has 0 atom stereocenters. The maximum absolute atomic E-state index is 12.2. The van der Waals surface area contributed by atoms with Crippen LogP contribution < -0.4 is 4.74 Å². The smallest absolute Gasteiger partial charge is 0.168 e. The SMILES string of the molecule is COc1ccc2cc(C(=O)C(C)(C)C)ccc2c1. The van der Waals surface area contributed by atoms with Gasteiger partial charge in [-0.05, 0) is 29.0 Å². The zero-order chi connectivity index (χ0) is 13.3. The summed E-state index contributed by atoms with van der Waals surface area (Å²) in [6, 6.07) is 11.7. The number of carbonyl (C=O) groups is 1. The number of ether oxygens (including phenoxy) is 1. The molecule has 0 fully saturated rings. The third-order valence-corrected chi connectivity index (χ3v) is 2.99. The van der Waals surface area contributed by atoms with Crippen molar-refractivity contribution in [3.8, 4) is 5.75 Å². The Morgan fingerprint density at radius 2 is 1.61 bits per heavy atom. The Labute approximate surface area is 108 Å². The van der Waals surface area contributed by atoms with Gasteiger partial charge in [-0.3, -0.25) is 4.79 Å². The van der Waals surface area contributed by atoms with Crippen LogP contribution in [-0.2, 0) is 0 Å². The van der Waals surface area contributed by atoms with Crippen LogP contribution in [0.5, 0.6) is 5.75 Å². The van der Waals surface area contributed by atoms with Gasteiger partial charge in [0.05, 0.1) is 7.11 Å². The minimum Gasteiger partial charge on any atom is -0.497 e. The van der Waals surface area contributed by atoms with Gasteiger partial charge in [0, 0.05) is 11.0 Å². The summed E-state index contributed by atoms with van der Waals surface area (Å²) in [5.74, 6) is 0.998. The zero-order valence-corrected chi connectivity index (χ0v) is 11.3. The number of Topliss-reactive ketones (excluding diaryl/α,β-unsaturated/α-hetero) is 1. The highest BCUT2D eigenvalue weighted by atomic mass is 16.5. The van der Waals surface area contributed by atoms with Crippen LogP contribution in [-0.4, -0.2) is 12.9 Å². The molecule has 0 amide bonds. The summed E-state index contributed by atoms with van der Waals surface area (Å²) in [6.07, 6.45) is 0. The van der Waals surface area contributed by atoms with Crippen molar-refractivity contribution < 1.29 is 9.53 Å². The number of benzene rings is 2. The van der Waals surface area contributed by atoms with Crippen LogP contribution in [0.4, 0.5) is 0 Å². The lowest BCUT2D eigenvalue weighted by molar-refractivity contribution is 0.0858. The third-order valence-electron chi connectivity index (χ3n) is 2.99. The highest BCUT2D eigenvalue weighted by Crippen LogP contribution is 2.26. The normalized spacial score (nSPS) is 11.6. The summed E-state index contributed by atoms with van der Waals surface area (Å²) in [6.45, 7) is 5.81. The Morgan fingerprint density at radius 3 is 2.22 bits per heavy atom. The van der Waals surface area contributed by atoms with Gasteiger partial charge in [-0.15, -0.1) is 0 Å². The lowest BCUT2D eigenvalue weighted by Crippen LogP contribution is -2.19. The summed E-state index contributed by atoms with van der Waals surface area (Å²) in [7, 11) is 1.65. The number of hydrogen-bond donors (Lipinski definition) is 0. The topological polar surface area (TPSA) is 26.3 Å². The van der Waals surface area contributed by atoms with Crippen LogP contribution in [0.15, 0.2) is 36.4 Å². The minimum absolute atomic E-state index is 0.167. The van der Waals surface area contributed by atoms with Crippen LogP contribution >= 0.6 is 0 Å². The van der Waals surface area contributed by atoms with Crippen LogP contribution in [0.3, 0.4) is 0 Å². The van der Waals surface area contributed by atoms with Gasteiger partial charge in [-0.2, -0.15) is 0 Å². The quantitative estimate of drug-likeness (QED) is 0.742. The molecule has 0 unspecified atom stereocenters. The molecular formula is C16H18O2. The lowest BCUT2D eigenvalue weighted by Gasteiger charge is -2.16. The van der Waals surface area contributed by atoms with E-state index in [1.54, 1.807) is 7.11 Å². The van der Waals surface area contributed by atoms with E-state index in [4.69, 9.17) is 4.74 Å². The maximum Gasteiger partial charge on any atom is 0.168 e. The fraction of sp³-hybridized carbons (Fsp3) is 0.312. The highest BCUT2D eigenvalue weighted by molar-refractivity contribution is 6.02. The van der Waals surface area contributed by atoms with E-state index in [9.17, 15) is 4.79 Å².